The summed E-state index contributed by atoms with van der Waals surface area (Å²) >= 11 is 2.38. The Balaban J connectivity index is 1.68. The van der Waals surface area contributed by atoms with Crippen molar-refractivity contribution in [1.29, 1.82) is 0 Å². The second-order valence-electron chi connectivity index (χ2n) is 5.15. The van der Waals surface area contributed by atoms with E-state index in [4.69, 9.17) is 9.47 Å². The number of para-hydroxylation sites is 1. The van der Waals surface area contributed by atoms with Gasteiger partial charge in [0, 0.05) is 34.9 Å². The standard InChI is InChI=1S/C14H18INO2/c15-12-3-1-2-4-13(12)16-11-5-7-18-14(9-11)6-8-17-10-14/h1-4,11,16H,5-10H2. The van der Waals surface area contributed by atoms with Crippen LogP contribution in [0.1, 0.15) is 19.3 Å². The van der Waals surface area contributed by atoms with Crippen LogP contribution in [0.5, 0.6) is 0 Å². The molecule has 18 heavy (non-hydrogen) atoms. The number of rotatable bonds is 2. The van der Waals surface area contributed by atoms with E-state index in [1.54, 1.807) is 0 Å². The topological polar surface area (TPSA) is 30.5 Å². The van der Waals surface area contributed by atoms with Crippen LogP contribution in [0.2, 0.25) is 0 Å². The molecule has 0 bridgehead atoms. The lowest BCUT2D eigenvalue weighted by atomic mass is 9.89. The lowest BCUT2D eigenvalue weighted by molar-refractivity contribution is -0.0828. The fraction of sp³-hybridized carbons (Fsp3) is 0.571. The Morgan fingerprint density at radius 2 is 2.17 bits per heavy atom. The molecule has 0 aliphatic carbocycles. The predicted octanol–water partition coefficient (Wildman–Crippen LogP) is 3.04. The first-order valence-corrected chi connectivity index (χ1v) is 7.58. The molecule has 2 heterocycles. The summed E-state index contributed by atoms with van der Waals surface area (Å²) in [6.07, 6.45) is 3.17. The van der Waals surface area contributed by atoms with Crippen LogP contribution in [-0.2, 0) is 9.47 Å². The third kappa shape index (κ3) is 2.65. The fourth-order valence-electron chi connectivity index (χ4n) is 2.81. The van der Waals surface area contributed by atoms with E-state index < -0.39 is 0 Å². The van der Waals surface area contributed by atoms with Crippen LogP contribution in [-0.4, -0.2) is 31.5 Å². The molecule has 2 aliphatic heterocycles. The smallest absolute Gasteiger partial charge is 0.0956 e. The summed E-state index contributed by atoms with van der Waals surface area (Å²) in [5.41, 5.74) is 1.22. The largest absolute Gasteiger partial charge is 0.381 e. The number of anilines is 1. The maximum Gasteiger partial charge on any atom is 0.0956 e. The van der Waals surface area contributed by atoms with Crippen molar-refractivity contribution >= 4 is 28.3 Å². The van der Waals surface area contributed by atoms with Crippen LogP contribution >= 0.6 is 22.6 Å². The third-order valence-corrected chi connectivity index (χ3v) is 4.73. The number of hydrogen-bond acceptors (Lipinski definition) is 3. The quantitative estimate of drug-likeness (QED) is 0.824. The Bertz CT molecular complexity index is 418. The maximum atomic E-state index is 5.96. The summed E-state index contributed by atoms with van der Waals surface area (Å²) in [7, 11) is 0. The number of nitrogens with one attached hydrogen (secondary N) is 1. The molecule has 2 saturated heterocycles. The summed E-state index contributed by atoms with van der Waals surface area (Å²) < 4.78 is 12.7. The highest BCUT2D eigenvalue weighted by atomic mass is 127. The molecule has 98 valence electrons. The SMILES string of the molecule is Ic1ccccc1NC1CCOC2(CCOC2)C1. The van der Waals surface area contributed by atoms with Gasteiger partial charge < -0.3 is 14.8 Å². The molecular formula is C14H18INO2. The molecule has 1 aromatic rings. The van der Waals surface area contributed by atoms with Gasteiger partial charge in [-0.25, -0.2) is 0 Å². The van der Waals surface area contributed by atoms with Gasteiger partial charge in [-0.15, -0.1) is 0 Å². The van der Waals surface area contributed by atoms with Crippen molar-refractivity contribution in [3.63, 3.8) is 0 Å². The first-order chi connectivity index (χ1) is 8.77. The van der Waals surface area contributed by atoms with E-state index in [0.29, 0.717) is 6.04 Å². The van der Waals surface area contributed by atoms with Gasteiger partial charge in [-0.3, -0.25) is 0 Å². The van der Waals surface area contributed by atoms with Gasteiger partial charge in [0.15, 0.2) is 0 Å². The first-order valence-electron chi connectivity index (χ1n) is 6.50. The van der Waals surface area contributed by atoms with E-state index in [1.165, 1.54) is 9.26 Å². The second kappa shape index (κ2) is 5.35. The van der Waals surface area contributed by atoms with Gasteiger partial charge in [0.1, 0.15) is 0 Å². The average Bonchev–Trinajstić information content (AvgIpc) is 2.80. The Hall–Kier alpha value is -0.330. The summed E-state index contributed by atoms with van der Waals surface area (Å²) in [5.74, 6) is 0. The summed E-state index contributed by atoms with van der Waals surface area (Å²) in [6, 6.07) is 8.93. The molecule has 2 unspecified atom stereocenters. The zero-order valence-corrected chi connectivity index (χ0v) is 12.5. The lowest BCUT2D eigenvalue weighted by Gasteiger charge is -2.37. The van der Waals surface area contributed by atoms with Crippen molar-refractivity contribution in [2.45, 2.75) is 30.9 Å². The zero-order valence-electron chi connectivity index (χ0n) is 10.3. The van der Waals surface area contributed by atoms with Gasteiger partial charge in [0.25, 0.3) is 0 Å². The molecule has 1 spiro atoms. The normalized spacial score (nSPS) is 31.7. The average molecular weight is 359 g/mol. The minimum atomic E-state index is -0.0177. The highest BCUT2D eigenvalue weighted by Gasteiger charge is 2.41. The number of ether oxygens (including phenoxy) is 2. The maximum absolute atomic E-state index is 5.96. The van der Waals surface area contributed by atoms with Crippen molar-refractivity contribution < 1.29 is 9.47 Å². The van der Waals surface area contributed by atoms with Crippen LogP contribution in [0, 0.1) is 3.57 Å². The van der Waals surface area contributed by atoms with Gasteiger partial charge in [-0.1, -0.05) is 12.1 Å². The monoisotopic (exact) mass is 359 g/mol. The van der Waals surface area contributed by atoms with Crippen LogP contribution in [0.25, 0.3) is 0 Å². The minimum absolute atomic E-state index is 0.0177. The molecule has 4 heteroatoms. The Labute approximate surface area is 121 Å². The van der Waals surface area contributed by atoms with Gasteiger partial charge >= 0.3 is 0 Å². The molecular weight excluding hydrogens is 341 g/mol. The van der Waals surface area contributed by atoms with E-state index in [1.807, 2.05) is 0 Å². The van der Waals surface area contributed by atoms with Crippen LogP contribution in [0.4, 0.5) is 5.69 Å². The molecule has 1 aromatic carbocycles. The van der Waals surface area contributed by atoms with Crippen LogP contribution in [0.3, 0.4) is 0 Å². The van der Waals surface area contributed by atoms with E-state index in [0.717, 1.165) is 39.1 Å². The van der Waals surface area contributed by atoms with Gasteiger partial charge in [0.2, 0.25) is 0 Å². The number of hydrogen-bond donors (Lipinski definition) is 1. The van der Waals surface area contributed by atoms with Crippen LogP contribution in [0.15, 0.2) is 24.3 Å². The number of benzene rings is 1. The third-order valence-electron chi connectivity index (χ3n) is 3.79. The summed E-state index contributed by atoms with van der Waals surface area (Å²) in [5, 5.41) is 3.66. The van der Waals surface area contributed by atoms with Crippen molar-refractivity contribution in [2.24, 2.45) is 0 Å². The molecule has 0 saturated carbocycles. The van der Waals surface area contributed by atoms with E-state index >= 15 is 0 Å². The zero-order chi connectivity index (χ0) is 12.4. The minimum Gasteiger partial charge on any atom is -0.381 e. The Morgan fingerprint density at radius 1 is 1.28 bits per heavy atom. The van der Waals surface area contributed by atoms with Crippen molar-refractivity contribution in [2.75, 3.05) is 25.1 Å². The predicted molar refractivity (Wildman–Crippen MR) is 79.9 cm³/mol. The highest BCUT2D eigenvalue weighted by molar-refractivity contribution is 14.1. The van der Waals surface area contributed by atoms with Gasteiger partial charge in [0.05, 0.1) is 12.2 Å². The first kappa shape index (κ1) is 12.7. The van der Waals surface area contributed by atoms with Gasteiger partial charge in [-0.2, -0.15) is 0 Å². The molecule has 2 atom stereocenters. The van der Waals surface area contributed by atoms with E-state index in [-0.39, 0.29) is 5.60 Å². The second-order valence-corrected chi connectivity index (χ2v) is 6.31. The van der Waals surface area contributed by atoms with E-state index in [2.05, 4.69) is 52.2 Å². The highest BCUT2D eigenvalue weighted by Crippen LogP contribution is 2.34. The van der Waals surface area contributed by atoms with Crippen LogP contribution < -0.4 is 5.32 Å². The molecule has 1 N–H and O–H groups in total. The molecule has 3 nitrogen and oxygen atoms in total. The fourth-order valence-corrected chi connectivity index (χ4v) is 3.36. The Morgan fingerprint density at radius 3 is 2.94 bits per heavy atom. The molecule has 0 amide bonds. The van der Waals surface area contributed by atoms with Crippen molar-refractivity contribution in [3.05, 3.63) is 27.8 Å². The lowest BCUT2D eigenvalue weighted by Crippen LogP contribution is -2.45. The summed E-state index contributed by atoms with van der Waals surface area (Å²) in [4.78, 5) is 0. The van der Waals surface area contributed by atoms with Crippen molar-refractivity contribution in [1.82, 2.24) is 0 Å². The van der Waals surface area contributed by atoms with E-state index in [9.17, 15) is 0 Å². The number of halogens is 1. The summed E-state index contributed by atoms with van der Waals surface area (Å²) in [6.45, 7) is 2.44. The molecule has 2 aliphatic rings. The van der Waals surface area contributed by atoms with Crippen molar-refractivity contribution in [3.8, 4) is 0 Å². The molecule has 0 radical (unpaired) electrons. The Kier molecular flexibility index (Phi) is 3.77. The molecule has 3 rings (SSSR count). The molecule has 2 fully saturated rings. The van der Waals surface area contributed by atoms with Gasteiger partial charge in [-0.05, 0) is 47.6 Å². The molecule has 0 aromatic heterocycles.